The molecule has 1 aromatic rings. The summed E-state index contributed by atoms with van der Waals surface area (Å²) >= 11 is 0. The number of hydrogen-bond donors (Lipinski definition) is 1. The van der Waals surface area contributed by atoms with Crippen LogP contribution >= 0.6 is 0 Å². The Bertz CT molecular complexity index is 243. The Hall–Kier alpha value is -1.38. The molecule has 0 spiro atoms. The van der Waals surface area contributed by atoms with Crippen molar-refractivity contribution in [1.82, 2.24) is 10.2 Å². The Morgan fingerprint density at radius 1 is 1.42 bits per heavy atom. The van der Waals surface area contributed by atoms with Gasteiger partial charge in [0.25, 0.3) is 0 Å². The molecule has 0 saturated heterocycles. The molecule has 0 amide bonds. The van der Waals surface area contributed by atoms with Crippen LogP contribution in [0.2, 0.25) is 0 Å². The fourth-order valence-corrected chi connectivity index (χ4v) is 0.673. The van der Waals surface area contributed by atoms with Crippen LogP contribution < -0.4 is 5.73 Å². The van der Waals surface area contributed by atoms with Crippen molar-refractivity contribution in [2.45, 2.75) is 20.8 Å². The second kappa shape index (κ2) is 6.34. The third-order valence-electron chi connectivity index (χ3n) is 1.13. The normalized spacial score (nSPS) is 9.25. The highest BCUT2D eigenvalue weighted by Crippen LogP contribution is 2.06. The Kier molecular flexibility index (Phi) is 5.61. The van der Waals surface area contributed by atoms with Crippen LogP contribution in [0.4, 0.5) is 5.82 Å². The fraction of sp³-hybridized carbons (Fsp3) is 0.333. The standard InChI is InChI=1S/C7H9N3.C2H6/c1-2-3-6-4-5-9-10-7(6)8;1-2/h2-5H,1H3,(H2,8,10);1-2H3/b3-2-;. The second-order valence-corrected chi connectivity index (χ2v) is 1.87. The van der Waals surface area contributed by atoms with Gasteiger partial charge in [-0.2, -0.15) is 5.10 Å². The molecule has 0 fully saturated rings. The molecule has 1 aromatic heterocycles. The third-order valence-corrected chi connectivity index (χ3v) is 1.13. The highest BCUT2D eigenvalue weighted by molar-refractivity contribution is 5.59. The van der Waals surface area contributed by atoms with Gasteiger partial charge in [0.05, 0.1) is 6.20 Å². The van der Waals surface area contributed by atoms with Crippen LogP contribution in [0, 0.1) is 0 Å². The van der Waals surface area contributed by atoms with E-state index in [1.165, 1.54) is 0 Å². The Morgan fingerprint density at radius 2 is 2.08 bits per heavy atom. The molecule has 0 aromatic carbocycles. The van der Waals surface area contributed by atoms with Crippen molar-refractivity contribution in [3.05, 3.63) is 23.9 Å². The number of aromatic nitrogens is 2. The summed E-state index contributed by atoms with van der Waals surface area (Å²) < 4.78 is 0. The molecule has 1 heterocycles. The lowest BCUT2D eigenvalue weighted by molar-refractivity contribution is 1.04. The van der Waals surface area contributed by atoms with Gasteiger partial charge in [-0.1, -0.05) is 26.0 Å². The van der Waals surface area contributed by atoms with Crippen LogP contribution in [-0.4, -0.2) is 10.2 Å². The van der Waals surface area contributed by atoms with Crippen molar-refractivity contribution in [2.75, 3.05) is 5.73 Å². The van der Waals surface area contributed by atoms with Gasteiger partial charge in [0, 0.05) is 5.56 Å². The summed E-state index contributed by atoms with van der Waals surface area (Å²) in [6.45, 7) is 5.93. The highest BCUT2D eigenvalue weighted by atomic mass is 15.1. The molecule has 0 saturated carbocycles. The predicted molar refractivity (Wildman–Crippen MR) is 52.5 cm³/mol. The van der Waals surface area contributed by atoms with E-state index in [4.69, 9.17) is 5.73 Å². The van der Waals surface area contributed by atoms with Crippen LogP contribution in [0.3, 0.4) is 0 Å². The monoisotopic (exact) mass is 165 g/mol. The number of rotatable bonds is 1. The largest absolute Gasteiger partial charge is 0.382 e. The van der Waals surface area contributed by atoms with Gasteiger partial charge in [-0.15, -0.1) is 5.10 Å². The van der Waals surface area contributed by atoms with E-state index in [0.717, 1.165) is 5.56 Å². The number of anilines is 1. The molecular formula is C9H15N3. The van der Waals surface area contributed by atoms with Crippen molar-refractivity contribution < 1.29 is 0 Å². The molecule has 3 nitrogen and oxygen atoms in total. The Balaban J connectivity index is 0.000000561. The summed E-state index contributed by atoms with van der Waals surface area (Å²) in [6, 6.07) is 1.82. The van der Waals surface area contributed by atoms with Crippen LogP contribution in [-0.2, 0) is 0 Å². The smallest absolute Gasteiger partial charge is 0.153 e. The van der Waals surface area contributed by atoms with Crippen LogP contribution in [0.1, 0.15) is 26.3 Å². The summed E-state index contributed by atoms with van der Waals surface area (Å²) in [6.07, 6.45) is 5.42. The van der Waals surface area contributed by atoms with Gasteiger partial charge in [-0.3, -0.25) is 0 Å². The fourth-order valence-electron chi connectivity index (χ4n) is 0.673. The average molecular weight is 165 g/mol. The van der Waals surface area contributed by atoms with Crippen LogP contribution in [0.5, 0.6) is 0 Å². The molecule has 0 atom stereocenters. The maximum absolute atomic E-state index is 5.48. The minimum absolute atomic E-state index is 0.473. The topological polar surface area (TPSA) is 51.8 Å². The number of allylic oxidation sites excluding steroid dienone is 1. The maximum atomic E-state index is 5.48. The summed E-state index contributed by atoms with van der Waals surface area (Å²) in [4.78, 5) is 0. The van der Waals surface area contributed by atoms with Gasteiger partial charge in [0.1, 0.15) is 0 Å². The lowest BCUT2D eigenvalue weighted by atomic mass is 10.2. The van der Waals surface area contributed by atoms with Gasteiger partial charge < -0.3 is 5.73 Å². The minimum atomic E-state index is 0.473. The van der Waals surface area contributed by atoms with Gasteiger partial charge >= 0.3 is 0 Å². The molecule has 66 valence electrons. The van der Waals surface area contributed by atoms with Gasteiger partial charge in [-0.05, 0) is 13.0 Å². The van der Waals surface area contributed by atoms with Crippen LogP contribution in [0.25, 0.3) is 6.08 Å². The SMILES string of the molecule is C/C=C\c1ccnnc1N.CC. The second-order valence-electron chi connectivity index (χ2n) is 1.87. The quantitative estimate of drug-likeness (QED) is 0.693. The van der Waals surface area contributed by atoms with E-state index in [1.54, 1.807) is 6.20 Å². The van der Waals surface area contributed by atoms with Crippen molar-refractivity contribution in [2.24, 2.45) is 0 Å². The molecule has 3 heteroatoms. The lowest BCUT2D eigenvalue weighted by Crippen LogP contribution is -1.94. The molecule has 0 unspecified atom stereocenters. The van der Waals surface area contributed by atoms with Crippen molar-refractivity contribution in [3.8, 4) is 0 Å². The maximum Gasteiger partial charge on any atom is 0.153 e. The molecule has 0 radical (unpaired) electrons. The molecule has 12 heavy (non-hydrogen) atoms. The van der Waals surface area contributed by atoms with E-state index >= 15 is 0 Å². The van der Waals surface area contributed by atoms with Gasteiger partial charge in [0.2, 0.25) is 0 Å². The first-order valence-electron chi connectivity index (χ1n) is 4.04. The minimum Gasteiger partial charge on any atom is -0.382 e. The van der Waals surface area contributed by atoms with E-state index in [9.17, 15) is 0 Å². The summed E-state index contributed by atoms with van der Waals surface area (Å²) in [5.41, 5.74) is 6.40. The number of nitrogen functional groups attached to an aromatic ring is 1. The predicted octanol–water partition coefficient (Wildman–Crippen LogP) is 2.12. The summed E-state index contributed by atoms with van der Waals surface area (Å²) in [7, 11) is 0. The van der Waals surface area contributed by atoms with Gasteiger partial charge in [0.15, 0.2) is 5.82 Å². The molecular weight excluding hydrogens is 150 g/mol. The first-order valence-corrected chi connectivity index (χ1v) is 4.04. The number of nitrogens with zero attached hydrogens (tertiary/aromatic N) is 2. The average Bonchev–Trinajstić information content (AvgIpc) is 2.13. The zero-order chi connectivity index (χ0) is 9.40. The van der Waals surface area contributed by atoms with Gasteiger partial charge in [-0.25, -0.2) is 0 Å². The third kappa shape index (κ3) is 3.14. The van der Waals surface area contributed by atoms with E-state index in [-0.39, 0.29) is 0 Å². The molecule has 0 aliphatic carbocycles. The van der Waals surface area contributed by atoms with E-state index < -0.39 is 0 Å². The van der Waals surface area contributed by atoms with E-state index in [1.807, 2.05) is 39.0 Å². The zero-order valence-corrected chi connectivity index (χ0v) is 7.78. The summed E-state index contributed by atoms with van der Waals surface area (Å²) in [5, 5.41) is 7.29. The van der Waals surface area contributed by atoms with Crippen molar-refractivity contribution in [1.29, 1.82) is 0 Å². The molecule has 2 N–H and O–H groups in total. The van der Waals surface area contributed by atoms with E-state index in [2.05, 4.69) is 10.2 Å². The molecule has 1 rings (SSSR count). The Morgan fingerprint density at radius 3 is 2.58 bits per heavy atom. The Labute approximate surface area is 73.3 Å². The van der Waals surface area contributed by atoms with Crippen LogP contribution in [0.15, 0.2) is 18.3 Å². The number of hydrogen-bond acceptors (Lipinski definition) is 3. The first-order chi connectivity index (χ1) is 5.84. The lowest BCUT2D eigenvalue weighted by Gasteiger charge is -1.93. The highest BCUT2D eigenvalue weighted by Gasteiger charge is 1.91. The van der Waals surface area contributed by atoms with E-state index in [0.29, 0.717) is 5.82 Å². The molecule has 0 aliphatic rings. The molecule has 0 bridgehead atoms. The zero-order valence-electron chi connectivity index (χ0n) is 7.78. The molecule has 0 aliphatic heterocycles. The van der Waals surface area contributed by atoms with Crippen molar-refractivity contribution >= 4 is 11.9 Å². The summed E-state index contributed by atoms with van der Waals surface area (Å²) in [5.74, 6) is 0.473. The first kappa shape index (κ1) is 10.6. The van der Waals surface area contributed by atoms with Crippen molar-refractivity contribution in [3.63, 3.8) is 0 Å². The number of nitrogens with two attached hydrogens (primary N) is 1.